The van der Waals surface area contributed by atoms with Gasteiger partial charge in [-0.25, -0.2) is 0 Å². The molecule has 1 N–H and O–H groups in total. The van der Waals surface area contributed by atoms with E-state index in [9.17, 15) is 0 Å². The van der Waals surface area contributed by atoms with Crippen molar-refractivity contribution in [2.24, 2.45) is 4.99 Å². The van der Waals surface area contributed by atoms with Crippen molar-refractivity contribution in [3.05, 3.63) is 175 Å². The van der Waals surface area contributed by atoms with Crippen LogP contribution in [0.15, 0.2) is 173 Å². The third kappa shape index (κ3) is 4.90. The first-order valence-electron chi connectivity index (χ1n) is 16.0. The number of nitrogens with zero attached hydrogens (tertiary/aromatic N) is 1. The van der Waals surface area contributed by atoms with Crippen LogP contribution in [0.3, 0.4) is 0 Å². The Kier molecular flexibility index (Phi) is 6.53. The van der Waals surface area contributed by atoms with Crippen molar-refractivity contribution in [1.29, 1.82) is 0 Å². The largest absolute Gasteiger partial charge is 0.456 e. The van der Waals surface area contributed by atoms with Gasteiger partial charge in [-0.1, -0.05) is 121 Å². The lowest BCUT2D eigenvalue weighted by atomic mass is 9.92. The molecule has 0 saturated carbocycles. The fourth-order valence-corrected chi connectivity index (χ4v) is 6.84. The predicted molar refractivity (Wildman–Crippen MR) is 198 cm³/mol. The lowest BCUT2D eigenvalue weighted by Crippen LogP contribution is -2.15. The van der Waals surface area contributed by atoms with Crippen molar-refractivity contribution < 1.29 is 4.42 Å². The monoisotopic (exact) mass is 602 g/mol. The van der Waals surface area contributed by atoms with Gasteiger partial charge < -0.3 is 9.73 Å². The van der Waals surface area contributed by atoms with E-state index < -0.39 is 0 Å². The van der Waals surface area contributed by atoms with Gasteiger partial charge in [-0.15, -0.1) is 0 Å². The molecule has 222 valence electrons. The Labute approximate surface area is 272 Å². The number of fused-ring (bicyclic) bond motifs is 7. The molecular formula is C44H30N2O. The van der Waals surface area contributed by atoms with Crippen LogP contribution in [0.2, 0.25) is 0 Å². The zero-order valence-electron chi connectivity index (χ0n) is 25.7. The van der Waals surface area contributed by atoms with E-state index in [0.29, 0.717) is 6.54 Å². The van der Waals surface area contributed by atoms with Gasteiger partial charge in [0, 0.05) is 22.0 Å². The molecule has 1 heterocycles. The fraction of sp³-hybridized carbons (Fsp3) is 0.0227. The number of nitrogens with one attached hydrogen (secondary N) is 1. The van der Waals surface area contributed by atoms with Gasteiger partial charge in [0.05, 0.1) is 6.54 Å². The third-order valence-electron chi connectivity index (χ3n) is 9.10. The predicted octanol–water partition coefficient (Wildman–Crippen LogP) is 11.8. The smallest absolute Gasteiger partial charge is 0.136 e. The Balaban J connectivity index is 1.17. The lowest BCUT2D eigenvalue weighted by Gasteiger charge is -2.17. The normalized spacial score (nSPS) is 12.0. The highest BCUT2D eigenvalue weighted by Gasteiger charge is 2.16. The molecule has 3 nitrogen and oxygen atoms in total. The van der Waals surface area contributed by atoms with Crippen LogP contribution in [0.5, 0.6) is 0 Å². The molecule has 0 saturated heterocycles. The van der Waals surface area contributed by atoms with Crippen LogP contribution in [0.1, 0.15) is 11.1 Å². The number of anilines is 1. The molecule has 47 heavy (non-hydrogen) atoms. The van der Waals surface area contributed by atoms with E-state index >= 15 is 0 Å². The van der Waals surface area contributed by atoms with Crippen molar-refractivity contribution in [1.82, 2.24) is 0 Å². The standard InChI is InChI=1S/C44H30N2O/c1-2-15-34(16-3-1)46-44(43-36-18-7-5-13-33(36)26-40-35-17-6-4-12-30(35)21-24-39(40)43)45-28-29-11-10-14-31(25-29)32-22-23-38-37-19-8-9-20-41(37)47-42(38)27-32/h1-27H,28H2,(H,45,46). The maximum atomic E-state index is 6.20. The van der Waals surface area contributed by atoms with E-state index in [1.165, 1.54) is 32.3 Å². The SMILES string of the molecule is c1ccc(NC(=NCc2cccc(-c3ccc4c(c3)oc3ccccc34)c2)c2c3ccccc3cc3c2ccc2ccccc23)cc1. The fourth-order valence-electron chi connectivity index (χ4n) is 6.84. The summed E-state index contributed by atoms with van der Waals surface area (Å²) in [6.45, 7) is 0.522. The topological polar surface area (TPSA) is 37.5 Å². The van der Waals surface area contributed by atoms with E-state index in [1.54, 1.807) is 0 Å². The molecule has 1 aromatic heterocycles. The van der Waals surface area contributed by atoms with Gasteiger partial charge in [0.15, 0.2) is 0 Å². The minimum absolute atomic E-state index is 0.522. The van der Waals surface area contributed by atoms with E-state index in [0.717, 1.165) is 55.7 Å². The first kappa shape index (κ1) is 27.1. The van der Waals surface area contributed by atoms with Crippen molar-refractivity contribution in [3.63, 3.8) is 0 Å². The number of rotatable bonds is 5. The van der Waals surface area contributed by atoms with Crippen LogP contribution in [0.25, 0.3) is 65.4 Å². The zero-order valence-corrected chi connectivity index (χ0v) is 25.7. The van der Waals surface area contributed by atoms with E-state index in [1.807, 2.05) is 18.2 Å². The Morgan fingerprint density at radius 1 is 0.468 bits per heavy atom. The number of aliphatic imine (C=N–C) groups is 1. The second-order valence-electron chi connectivity index (χ2n) is 12.0. The Hall–Kier alpha value is -6.19. The Morgan fingerprint density at radius 3 is 2.06 bits per heavy atom. The van der Waals surface area contributed by atoms with Gasteiger partial charge in [-0.2, -0.15) is 0 Å². The number of hydrogen-bond acceptors (Lipinski definition) is 2. The number of furan rings is 1. The molecule has 0 fully saturated rings. The van der Waals surface area contributed by atoms with E-state index in [4.69, 9.17) is 9.41 Å². The summed E-state index contributed by atoms with van der Waals surface area (Å²) in [4.78, 5) is 5.34. The third-order valence-corrected chi connectivity index (χ3v) is 9.10. The van der Waals surface area contributed by atoms with Gasteiger partial charge in [-0.3, -0.25) is 4.99 Å². The number of para-hydroxylation sites is 2. The lowest BCUT2D eigenvalue weighted by molar-refractivity contribution is 0.669. The van der Waals surface area contributed by atoms with E-state index in [2.05, 4.69) is 151 Å². The van der Waals surface area contributed by atoms with Crippen LogP contribution < -0.4 is 5.32 Å². The van der Waals surface area contributed by atoms with Gasteiger partial charge in [0.25, 0.3) is 0 Å². The van der Waals surface area contributed by atoms with Crippen LogP contribution >= 0.6 is 0 Å². The summed E-state index contributed by atoms with van der Waals surface area (Å²) in [6, 6.07) is 57.7. The van der Waals surface area contributed by atoms with Gasteiger partial charge in [-0.05, 0) is 91.5 Å². The molecule has 0 amide bonds. The minimum Gasteiger partial charge on any atom is -0.456 e. The summed E-state index contributed by atoms with van der Waals surface area (Å²) in [5, 5.41) is 13.2. The summed E-state index contributed by atoms with van der Waals surface area (Å²) in [5.74, 6) is 0.849. The molecule has 8 aromatic carbocycles. The number of amidine groups is 1. The van der Waals surface area contributed by atoms with Crippen LogP contribution in [-0.4, -0.2) is 5.84 Å². The Bertz CT molecular complexity index is 2630. The summed E-state index contributed by atoms with van der Waals surface area (Å²) >= 11 is 0. The van der Waals surface area contributed by atoms with Crippen molar-refractivity contribution in [3.8, 4) is 11.1 Å². The van der Waals surface area contributed by atoms with Gasteiger partial charge in [0.1, 0.15) is 17.0 Å². The molecule has 0 spiro atoms. The van der Waals surface area contributed by atoms with E-state index in [-0.39, 0.29) is 0 Å². The molecule has 9 aromatic rings. The molecule has 0 unspecified atom stereocenters. The number of benzene rings is 8. The molecule has 3 heteroatoms. The molecule has 0 atom stereocenters. The van der Waals surface area contributed by atoms with Crippen molar-refractivity contribution in [2.45, 2.75) is 6.54 Å². The molecule has 0 aliphatic rings. The minimum atomic E-state index is 0.522. The van der Waals surface area contributed by atoms with Crippen LogP contribution in [0, 0.1) is 0 Å². The zero-order chi connectivity index (χ0) is 31.2. The first-order chi connectivity index (χ1) is 23.3. The van der Waals surface area contributed by atoms with Crippen molar-refractivity contribution in [2.75, 3.05) is 5.32 Å². The van der Waals surface area contributed by atoms with Crippen LogP contribution in [0.4, 0.5) is 5.69 Å². The van der Waals surface area contributed by atoms with Crippen molar-refractivity contribution >= 4 is 65.8 Å². The van der Waals surface area contributed by atoms with Crippen LogP contribution in [-0.2, 0) is 6.54 Å². The quantitative estimate of drug-likeness (QED) is 0.0921. The average Bonchev–Trinajstić information content (AvgIpc) is 3.51. The molecule has 0 radical (unpaired) electrons. The van der Waals surface area contributed by atoms with Gasteiger partial charge >= 0.3 is 0 Å². The maximum Gasteiger partial charge on any atom is 0.136 e. The van der Waals surface area contributed by atoms with Gasteiger partial charge in [0.2, 0.25) is 0 Å². The second-order valence-corrected chi connectivity index (χ2v) is 12.0. The molecule has 9 rings (SSSR count). The summed E-state index contributed by atoms with van der Waals surface area (Å²) in [6.07, 6.45) is 0. The highest BCUT2D eigenvalue weighted by Crippen LogP contribution is 2.35. The summed E-state index contributed by atoms with van der Waals surface area (Å²) in [7, 11) is 0. The number of hydrogen-bond donors (Lipinski definition) is 1. The Morgan fingerprint density at radius 2 is 1.17 bits per heavy atom. The highest BCUT2D eigenvalue weighted by atomic mass is 16.3. The summed E-state index contributed by atoms with van der Waals surface area (Å²) in [5.41, 5.74) is 7.32. The maximum absolute atomic E-state index is 6.20. The summed E-state index contributed by atoms with van der Waals surface area (Å²) < 4.78 is 6.20. The molecule has 0 aliphatic heterocycles. The molecule has 0 bridgehead atoms. The molecule has 0 aliphatic carbocycles. The highest BCUT2D eigenvalue weighted by molar-refractivity contribution is 6.27. The average molecular weight is 603 g/mol. The second kappa shape index (κ2) is 11.3. The first-order valence-corrected chi connectivity index (χ1v) is 16.0. The molecular weight excluding hydrogens is 572 g/mol.